The minimum absolute atomic E-state index is 0.233. The van der Waals surface area contributed by atoms with Crippen LogP contribution in [0.1, 0.15) is 0 Å². The maximum absolute atomic E-state index is 13.1. The number of carbonyl (C=O) groups is 1. The van der Waals surface area contributed by atoms with Crippen LogP contribution in [0.3, 0.4) is 0 Å². The van der Waals surface area contributed by atoms with Crippen LogP contribution in [0.5, 0.6) is 0 Å². The number of likely N-dealkylation sites (N-methyl/N-ethyl adjacent to an activating group) is 1. The Labute approximate surface area is 163 Å². The molecule has 0 saturated carbocycles. The van der Waals surface area contributed by atoms with Gasteiger partial charge in [0.1, 0.15) is 30.0 Å². The number of amides is 1. The van der Waals surface area contributed by atoms with Gasteiger partial charge < -0.3 is 4.90 Å². The third-order valence-electron chi connectivity index (χ3n) is 4.50. The van der Waals surface area contributed by atoms with Crippen molar-refractivity contribution in [3.8, 4) is 11.3 Å². The first kappa shape index (κ1) is 18.5. The van der Waals surface area contributed by atoms with Crippen molar-refractivity contribution < 1.29 is 13.6 Å². The Morgan fingerprint density at radius 1 is 1.03 bits per heavy atom. The second-order valence-corrected chi connectivity index (χ2v) is 6.39. The number of aromatic nitrogens is 4. The summed E-state index contributed by atoms with van der Waals surface area (Å²) in [5, 5.41) is 8.27. The molecule has 2 aromatic carbocycles. The largest absolute Gasteiger partial charge is 0.314 e. The van der Waals surface area contributed by atoms with Gasteiger partial charge in [0.15, 0.2) is 0 Å². The van der Waals surface area contributed by atoms with Gasteiger partial charge >= 0.3 is 0 Å². The highest BCUT2D eigenvalue weighted by atomic mass is 19.1. The summed E-state index contributed by atoms with van der Waals surface area (Å²) in [6.45, 7) is -0.291. The Morgan fingerprint density at radius 3 is 2.31 bits per heavy atom. The van der Waals surface area contributed by atoms with Crippen molar-refractivity contribution in [2.75, 3.05) is 11.9 Å². The lowest BCUT2D eigenvalue weighted by Crippen LogP contribution is -2.35. The summed E-state index contributed by atoms with van der Waals surface area (Å²) in [5.74, 6) is -1.17. The molecule has 4 aromatic rings. The molecule has 0 spiro atoms. The van der Waals surface area contributed by atoms with E-state index in [1.807, 2.05) is 0 Å². The monoisotopic (exact) mass is 395 g/mol. The summed E-state index contributed by atoms with van der Waals surface area (Å²) in [6.07, 6.45) is 1.33. The van der Waals surface area contributed by atoms with Gasteiger partial charge in [-0.15, -0.1) is 0 Å². The molecule has 0 N–H and O–H groups in total. The van der Waals surface area contributed by atoms with Gasteiger partial charge in [0.2, 0.25) is 5.91 Å². The molecule has 29 heavy (non-hydrogen) atoms. The van der Waals surface area contributed by atoms with E-state index in [0.717, 1.165) is 4.68 Å². The molecule has 2 aromatic heterocycles. The lowest BCUT2D eigenvalue weighted by atomic mass is 10.1. The number of halogens is 2. The summed E-state index contributed by atoms with van der Waals surface area (Å²) in [5.41, 5.74) is 1.36. The molecule has 0 saturated heterocycles. The third-order valence-corrected chi connectivity index (χ3v) is 4.50. The predicted octanol–water partition coefficient (Wildman–Crippen LogP) is 2.50. The molecule has 1 amide bonds. The summed E-state index contributed by atoms with van der Waals surface area (Å²) >= 11 is 0. The number of benzene rings is 2. The fraction of sp³-hybridized carbons (Fsp3) is 0.100. The minimum atomic E-state index is -0.491. The molecule has 0 bridgehead atoms. The van der Waals surface area contributed by atoms with E-state index in [0.29, 0.717) is 16.9 Å². The first-order chi connectivity index (χ1) is 13.9. The number of rotatable bonds is 4. The maximum atomic E-state index is 13.1. The fourth-order valence-electron chi connectivity index (χ4n) is 2.86. The summed E-state index contributed by atoms with van der Waals surface area (Å²) < 4.78 is 28.5. The maximum Gasteiger partial charge on any atom is 0.293 e. The molecule has 9 heteroatoms. The van der Waals surface area contributed by atoms with Crippen molar-refractivity contribution in [2.45, 2.75) is 6.54 Å². The van der Waals surface area contributed by atoms with E-state index in [1.165, 1.54) is 59.2 Å². The smallest absolute Gasteiger partial charge is 0.293 e. The van der Waals surface area contributed by atoms with Crippen LogP contribution in [0.4, 0.5) is 14.5 Å². The molecular formula is C20H15F2N5O2. The zero-order valence-electron chi connectivity index (χ0n) is 15.3. The molecule has 0 radical (unpaired) electrons. The van der Waals surface area contributed by atoms with E-state index >= 15 is 0 Å². The highest BCUT2D eigenvalue weighted by molar-refractivity contribution is 5.92. The van der Waals surface area contributed by atoms with E-state index in [2.05, 4.69) is 10.2 Å². The van der Waals surface area contributed by atoms with Gasteiger partial charge in [-0.1, -0.05) is 0 Å². The average Bonchev–Trinajstić information content (AvgIpc) is 3.16. The molecule has 7 nitrogen and oxygen atoms in total. The molecule has 0 atom stereocenters. The molecule has 0 aliphatic rings. The SMILES string of the molecule is CN(C(=O)Cn1ncn2nc(-c3ccc(F)cc3)cc2c1=O)c1ccc(F)cc1. The van der Waals surface area contributed by atoms with Crippen molar-refractivity contribution in [2.24, 2.45) is 0 Å². The van der Waals surface area contributed by atoms with Gasteiger partial charge in [-0.05, 0) is 54.6 Å². The molecule has 0 aliphatic carbocycles. The van der Waals surface area contributed by atoms with E-state index in [4.69, 9.17) is 0 Å². The third kappa shape index (κ3) is 3.62. The van der Waals surface area contributed by atoms with Gasteiger partial charge in [0.25, 0.3) is 5.56 Å². The van der Waals surface area contributed by atoms with E-state index in [-0.39, 0.29) is 17.9 Å². The summed E-state index contributed by atoms with van der Waals surface area (Å²) in [6, 6.07) is 12.7. The second-order valence-electron chi connectivity index (χ2n) is 6.39. The van der Waals surface area contributed by atoms with Crippen molar-refractivity contribution in [3.05, 3.63) is 82.9 Å². The van der Waals surface area contributed by atoms with Crippen LogP contribution in [0.2, 0.25) is 0 Å². The first-order valence-corrected chi connectivity index (χ1v) is 8.66. The number of carbonyl (C=O) groups excluding carboxylic acids is 1. The van der Waals surface area contributed by atoms with Crippen LogP contribution in [-0.4, -0.2) is 32.3 Å². The van der Waals surface area contributed by atoms with Crippen LogP contribution in [0.15, 0.2) is 65.7 Å². The second kappa shape index (κ2) is 7.27. The summed E-state index contributed by atoms with van der Waals surface area (Å²) in [4.78, 5) is 26.6. The van der Waals surface area contributed by atoms with Crippen molar-refractivity contribution in [1.82, 2.24) is 19.4 Å². The predicted molar refractivity (Wildman–Crippen MR) is 102 cm³/mol. The van der Waals surface area contributed by atoms with Crippen molar-refractivity contribution in [1.29, 1.82) is 0 Å². The molecular weight excluding hydrogens is 380 g/mol. The zero-order valence-corrected chi connectivity index (χ0v) is 15.3. The normalized spacial score (nSPS) is 11.0. The minimum Gasteiger partial charge on any atom is -0.314 e. The van der Waals surface area contributed by atoms with Crippen molar-refractivity contribution in [3.63, 3.8) is 0 Å². The number of hydrogen-bond acceptors (Lipinski definition) is 4. The number of hydrogen-bond donors (Lipinski definition) is 0. The molecule has 0 unspecified atom stereocenters. The zero-order chi connectivity index (χ0) is 20.5. The van der Waals surface area contributed by atoms with Gasteiger partial charge in [-0.3, -0.25) is 9.59 Å². The topological polar surface area (TPSA) is 72.5 Å². The van der Waals surface area contributed by atoms with Gasteiger partial charge in [-0.2, -0.15) is 10.2 Å². The van der Waals surface area contributed by atoms with Crippen LogP contribution in [0, 0.1) is 11.6 Å². The number of fused-ring (bicyclic) bond motifs is 1. The Bertz CT molecular complexity index is 1250. The molecule has 0 aliphatic heterocycles. The van der Waals surface area contributed by atoms with Gasteiger partial charge in [0.05, 0.1) is 5.69 Å². The van der Waals surface area contributed by atoms with Crippen LogP contribution in [-0.2, 0) is 11.3 Å². The van der Waals surface area contributed by atoms with Crippen molar-refractivity contribution >= 4 is 17.1 Å². The van der Waals surface area contributed by atoms with E-state index in [9.17, 15) is 18.4 Å². The van der Waals surface area contributed by atoms with Crippen LogP contribution >= 0.6 is 0 Å². The Balaban J connectivity index is 1.62. The molecule has 0 fully saturated rings. The molecule has 2 heterocycles. The van der Waals surface area contributed by atoms with Crippen LogP contribution in [0.25, 0.3) is 16.8 Å². The lowest BCUT2D eigenvalue weighted by Gasteiger charge is -2.17. The van der Waals surface area contributed by atoms with Gasteiger partial charge in [-0.25, -0.2) is 18.0 Å². The van der Waals surface area contributed by atoms with Crippen LogP contribution < -0.4 is 10.5 Å². The lowest BCUT2D eigenvalue weighted by molar-refractivity contribution is -0.119. The number of anilines is 1. The highest BCUT2D eigenvalue weighted by Gasteiger charge is 2.16. The quantitative estimate of drug-likeness (QED) is 0.532. The standard InChI is InChI=1S/C20H15F2N5O2/c1-25(16-8-6-15(22)7-9-16)19(28)11-26-20(29)18-10-17(24-27(18)12-23-26)13-2-4-14(21)5-3-13/h2-10,12H,11H2,1H3. The number of nitrogens with zero attached hydrogens (tertiary/aromatic N) is 5. The van der Waals surface area contributed by atoms with E-state index in [1.54, 1.807) is 18.2 Å². The Morgan fingerprint density at radius 2 is 1.66 bits per heavy atom. The highest BCUT2D eigenvalue weighted by Crippen LogP contribution is 2.18. The Hall–Kier alpha value is -3.88. The fourth-order valence-corrected chi connectivity index (χ4v) is 2.86. The average molecular weight is 395 g/mol. The molecule has 4 rings (SSSR count). The van der Waals surface area contributed by atoms with E-state index < -0.39 is 17.3 Å². The van der Waals surface area contributed by atoms with Gasteiger partial charge in [0, 0.05) is 18.3 Å². The molecule has 146 valence electrons. The summed E-state index contributed by atoms with van der Waals surface area (Å²) in [7, 11) is 1.53. The Kier molecular flexibility index (Phi) is 4.63. The first-order valence-electron chi connectivity index (χ1n) is 8.66.